The Labute approximate surface area is 218 Å². The van der Waals surface area contributed by atoms with Crippen LogP contribution in [0.25, 0.3) is 11.3 Å². The van der Waals surface area contributed by atoms with Crippen LogP contribution in [0.2, 0.25) is 0 Å². The first kappa shape index (κ1) is 26.9. The maximum absolute atomic E-state index is 15.1. The van der Waals surface area contributed by atoms with Gasteiger partial charge in [-0.1, -0.05) is 6.07 Å². The Kier molecular flexibility index (Phi) is 7.53. The first-order valence-electron chi connectivity index (χ1n) is 11.8. The van der Waals surface area contributed by atoms with Gasteiger partial charge in [0.25, 0.3) is 5.91 Å². The van der Waals surface area contributed by atoms with Crippen LogP contribution in [-0.4, -0.2) is 73.0 Å². The lowest BCUT2D eigenvalue weighted by Crippen LogP contribution is -2.43. The second kappa shape index (κ2) is 10.7. The summed E-state index contributed by atoms with van der Waals surface area (Å²) >= 11 is 0. The van der Waals surface area contributed by atoms with Gasteiger partial charge in [0.15, 0.2) is 5.82 Å². The van der Waals surface area contributed by atoms with Gasteiger partial charge in [0, 0.05) is 43.9 Å². The minimum absolute atomic E-state index is 0.0562. The molecular weight excluding hydrogens is 499 g/mol. The number of para-hydroxylation sites is 1. The smallest absolute Gasteiger partial charge is 0.328 e. The second-order valence-corrected chi connectivity index (χ2v) is 9.32. The number of fused-ring (bicyclic) bond motifs is 1. The third-order valence-corrected chi connectivity index (χ3v) is 6.07. The van der Waals surface area contributed by atoms with Crippen LogP contribution in [0.3, 0.4) is 0 Å². The topological polar surface area (TPSA) is 93.7 Å². The molecule has 0 spiro atoms. The van der Waals surface area contributed by atoms with E-state index in [2.05, 4.69) is 20.6 Å². The molecule has 0 saturated heterocycles. The van der Waals surface area contributed by atoms with Gasteiger partial charge in [-0.05, 0) is 50.8 Å². The molecular formula is C26H28F3N7O2. The Bertz CT molecular complexity index is 1390. The van der Waals surface area contributed by atoms with Gasteiger partial charge in [-0.3, -0.25) is 4.79 Å². The van der Waals surface area contributed by atoms with Crippen LogP contribution in [0.4, 0.5) is 35.4 Å². The number of likely N-dealkylation sites (N-methyl/N-ethyl adjacent to an activating group) is 1. The molecule has 2 heterocycles. The third kappa shape index (κ3) is 5.12. The van der Waals surface area contributed by atoms with Gasteiger partial charge in [0.2, 0.25) is 5.95 Å². The highest BCUT2D eigenvalue weighted by molar-refractivity contribution is 6.02. The van der Waals surface area contributed by atoms with E-state index in [0.717, 1.165) is 23.1 Å². The van der Waals surface area contributed by atoms with E-state index in [-0.39, 0.29) is 40.7 Å². The van der Waals surface area contributed by atoms with Crippen molar-refractivity contribution in [1.29, 1.82) is 0 Å². The molecule has 1 aromatic heterocycles. The van der Waals surface area contributed by atoms with Crippen LogP contribution < -0.4 is 15.5 Å². The van der Waals surface area contributed by atoms with E-state index in [0.29, 0.717) is 18.7 Å². The second-order valence-electron chi connectivity index (χ2n) is 9.32. The number of rotatable bonds is 7. The summed E-state index contributed by atoms with van der Waals surface area (Å²) in [5.41, 5.74) is 0.514. The van der Waals surface area contributed by atoms with Crippen LogP contribution in [-0.2, 0) is 6.54 Å². The van der Waals surface area contributed by atoms with E-state index in [1.165, 1.54) is 24.0 Å². The number of carbonyl (C=O) groups is 2. The van der Waals surface area contributed by atoms with E-state index in [1.54, 1.807) is 14.1 Å². The minimum atomic E-state index is -0.962. The molecule has 3 amide bonds. The van der Waals surface area contributed by atoms with Crippen molar-refractivity contribution in [3.05, 3.63) is 64.5 Å². The van der Waals surface area contributed by atoms with Gasteiger partial charge in [-0.15, -0.1) is 0 Å². The fraction of sp³-hybridized carbons (Fsp3) is 0.308. The number of hydrogen-bond acceptors (Lipinski definition) is 6. The number of hydrogen-bond donors (Lipinski definition) is 2. The van der Waals surface area contributed by atoms with Crippen LogP contribution in [0, 0.1) is 24.4 Å². The maximum Gasteiger partial charge on any atom is 0.328 e. The molecule has 38 heavy (non-hydrogen) atoms. The van der Waals surface area contributed by atoms with Crippen molar-refractivity contribution in [3.8, 4) is 11.3 Å². The molecule has 3 aromatic rings. The van der Waals surface area contributed by atoms with Crippen molar-refractivity contribution < 1.29 is 22.8 Å². The summed E-state index contributed by atoms with van der Waals surface area (Å²) in [7, 11) is 6.87. The summed E-state index contributed by atoms with van der Waals surface area (Å²) in [6.07, 6.45) is 0. The Hall–Kier alpha value is -4.19. The number of nitrogens with one attached hydrogen (secondary N) is 2. The average Bonchev–Trinajstić information content (AvgIpc) is 2.85. The van der Waals surface area contributed by atoms with Gasteiger partial charge in [0.05, 0.1) is 12.2 Å². The highest BCUT2D eigenvalue weighted by Gasteiger charge is 2.34. The molecule has 2 N–H and O–H groups in total. The molecule has 0 radical (unpaired) electrons. The molecule has 0 aliphatic carbocycles. The van der Waals surface area contributed by atoms with Crippen molar-refractivity contribution in [2.75, 3.05) is 51.5 Å². The summed E-state index contributed by atoms with van der Waals surface area (Å²) in [5.74, 6) is -2.95. The number of urea groups is 1. The average molecular weight is 528 g/mol. The monoisotopic (exact) mass is 527 g/mol. The van der Waals surface area contributed by atoms with Crippen molar-refractivity contribution >= 4 is 29.4 Å². The lowest BCUT2D eigenvalue weighted by molar-refractivity contribution is 0.0827. The van der Waals surface area contributed by atoms with E-state index in [4.69, 9.17) is 0 Å². The Balaban J connectivity index is 1.98. The van der Waals surface area contributed by atoms with E-state index in [1.807, 2.05) is 19.0 Å². The molecule has 0 bridgehead atoms. The fourth-order valence-corrected chi connectivity index (χ4v) is 4.07. The fourth-order valence-electron chi connectivity index (χ4n) is 4.07. The molecule has 4 rings (SSSR count). The van der Waals surface area contributed by atoms with Gasteiger partial charge in [0.1, 0.15) is 23.1 Å². The molecule has 9 nitrogen and oxygen atoms in total. The largest absolute Gasteiger partial charge is 0.353 e. The zero-order valence-electron chi connectivity index (χ0n) is 21.7. The molecule has 0 fully saturated rings. The van der Waals surface area contributed by atoms with E-state index >= 15 is 4.39 Å². The molecule has 0 saturated carbocycles. The van der Waals surface area contributed by atoms with Gasteiger partial charge < -0.3 is 20.4 Å². The van der Waals surface area contributed by atoms with Crippen LogP contribution in [0.5, 0.6) is 0 Å². The molecule has 1 aliphatic rings. The number of carbonyl (C=O) groups excluding carboxylic acids is 2. The third-order valence-electron chi connectivity index (χ3n) is 6.07. The zero-order valence-corrected chi connectivity index (χ0v) is 21.7. The van der Waals surface area contributed by atoms with Crippen LogP contribution >= 0.6 is 0 Å². The molecule has 200 valence electrons. The SMILES string of the molecule is Cc1c(F)cc(C(=O)N(C)C)cc1-c1nc(NCCN(C)C)nc2c1CNC(=O)N2c1c(F)cccc1F. The lowest BCUT2D eigenvalue weighted by Gasteiger charge is -2.31. The summed E-state index contributed by atoms with van der Waals surface area (Å²) in [5, 5.41) is 5.66. The number of aromatic nitrogens is 2. The molecule has 0 unspecified atom stereocenters. The summed E-state index contributed by atoms with van der Waals surface area (Å²) in [6.45, 7) is 2.49. The van der Waals surface area contributed by atoms with Gasteiger partial charge in [-0.25, -0.2) is 27.8 Å². The van der Waals surface area contributed by atoms with Crippen molar-refractivity contribution in [1.82, 2.24) is 25.1 Å². The standard InChI is InChI=1S/C26H28F3N7O2/c1-14-16(11-15(12-20(14)29)24(37)35(4)5)21-17-13-31-26(38)36(22-18(27)7-6-8-19(22)28)23(17)33-25(32-21)30-9-10-34(2)3/h6-8,11-12H,9-10,13H2,1-5H3,(H,31,38)(H,30,32,33). The number of anilines is 3. The Morgan fingerprint density at radius 1 is 1.08 bits per heavy atom. The van der Waals surface area contributed by atoms with E-state index < -0.39 is 35.1 Å². The molecule has 12 heteroatoms. The normalized spacial score (nSPS) is 12.9. The lowest BCUT2D eigenvalue weighted by atomic mass is 9.97. The number of amides is 3. The summed E-state index contributed by atoms with van der Waals surface area (Å²) in [4.78, 5) is 38.7. The summed E-state index contributed by atoms with van der Waals surface area (Å²) < 4.78 is 44.7. The van der Waals surface area contributed by atoms with Crippen molar-refractivity contribution in [3.63, 3.8) is 0 Å². The highest BCUT2D eigenvalue weighted by Crippen LogP contribution is 2.39. The van der Waals surface area contributed by atoms with Crippen LogP contribution in [0.1, 0.15) is 21.5 Å². The minimum Gasteiger partial charge on any atom is -0.353 e. The van der Waals surface area contributed by atoms with Crippen LogP contribution in [0.15, 0.2) is 30.3 Å². The number of nitrogens with zero attached hydrogens (tertiary/aromatic N) is 5. The van der Waals surface area contributed by atoms with Gasteiger partial charge >= 0.3 is 6.03 Å². The first-order chi connectivity index (χ1) is 18.0. The molecule has 1 aliphatic heterocycles. The summed E-state index contributed by atoms with van der Waals surface area (Å²) in [6, 6.07) is 5.13. The predicted molar refractivity (Wildman–Crippen MR) is 138 cm³/mol. The highest BCUT2D eigenvalue weighted by atomic mass is 19.1. The van der Waals surface area contributed by atoms with Gasteiger partial charge in [-0.2, -0.15) is 4.98 Å². The van der Waals surface area contributed by atoms with Crippen molar-refractivity contribution in [2.24, 2.45) is 0 Å². The molecule has 0 atom stereocenters. The first-order valence-corrected chi connectivity index (χ1v) is 11.8. The Morgan fingerprint density at radius 3 is 2.39 bits per heavy atom. The Morgan fingerprint density at radius 2 is 1.76 bits per heavy atom. The predicted octanol–water partition coefficient (Wildman–Crippen LogP) is 3.91. The number of halogens is 3. The van der Waals surface area contributed by atoms with E-state index in [9.17, 15) is 18.4 Å². The maximum atomic E-state index is 15.1. The zero-order chi connectivity index (χ0) is 27.7. The van der Waals surface area contributed by atoms with Crippen molar-refractivity contribution in [2.45, 2.75) is 13.5 Å². The number of benzene rings is 2. The molecule has 2 aromatic carbocycles. The quantitative estimate of drug-likeness (QED) is 0.484.